The third kappa shape index (κ3) is 3.72. The summed E-state index contributed by atoms with van der Waals surface area (Å²) in [5.74, 6) is 0.301. The number of nitrogens with one attached hydrogen (secondary N) is 1. The number of carbonyl (C=O) groups excluding carboxylic acids is 1. The summed E-state index contributed by atoms with van der Waals surface area (Å²) in [5, 5.41) is 7.07. The third-order valence-corrected chi connectivity index (χ3v) is 4.40. The van der Waals surface area contributed by atoms with Crippen LogP contribution in [0.25, 0.3) is 0 Å². The molecular formula is C19H19N5O2. The summed E-state index contributed by atoms with van der Waals surface area (Å²) in [6.45, 7) is 0.531. The van der Waals surface area contributed by atoms with Gasteiger partial charge in [0.05, 0.1) is 6.54 Å². The van der Waals surface area contributed by atoms with Crippen molar-refractivity contribution >= 4 is 11.6 Å². The molecule has 0 aliphatic heterocycles. The predicted molar refractivity (Wildman–Crippen MR) is 96.0 cm³/mol. The fourth-order valence-corrected chi connectivity index (χ4v) is 2.74. The van der Waals surface area contributed by atoms with E-state index in [1.54, 1.807) is 29.3 Å². The van der Waals surface area contributed by atoms with Crippen molar-refractivity contribution in [2.45, 2.75) is 31.9 Å². The molecule has 1 aliphatic carbocycles. The van der Waals surface area contributed by atoms with Gasteiger partial charge >= 0.3 is 0 Å². The van der Waals surface area contributed by atoms with Gasteiger partial charge in [-0.3, -0.25) is 4.79 Å². The van der Waals surface area contributed by atoms with E-state index in [1.165, 1.54) is 12.7 Å². The van der Waals surface area contributed by atoms with E-state index in [0.29, 0.717) is 18.0 Å². The summed E-state index contributed by atoms with van der Waals surface area (Å²) >= 11 is 0. The quantitative estimate of drug-likeness (QED) is 0.740. The van der Waals surface area contributed by atoms with Crippen molar-refractivity contribution in [3.8, 4) is 5.88 Å². The molecule has 0 saturated heterocycles. The number of hydrogen-bond donors (Lipinski definition) is 1. The normalized spacial score (nSPS) is 13.8. The molecule has 0 atom stereocenters. The number of hydrogen-bond acceptors (Lipinski definition) is 5. The Bertz CT molecular complexity index is 890. The SMILES string of the molecule is O=C(Nc1ccccc1Cn1cncn1)c1ccnc(OC2CCC2)c1. The van der Waals surface area contributed by atoms with E-state index in [4.69, 9.17) is 4.74 Å². The summed E-state index contributed by atoms with van der Waals surface area (Å²) in [7, 11) is 0. The van der Waals surface area contributed by atoms with Crippen LogP contribution in [0.4, 0.5) is 5.69 Å². The molecule has 0 bridgehead atoms. The number of amides is 1. The maximum Gasteiger partial charge on any atom is 0.255 e. The first-order chi connectivity index (χ1) is 12.8. The molecule has 0 unspecified atom stereocenters. The first-order valence-electron chi connectivity index (χ1n) is 8.62. The first-order valence-corrected chi connectivity index (χ1v) is 8.62. The van der Waals surface area contributed by atoms with Crippen LogP contribution >= 0.6 is 0 Å². The van der Waals surface area contributed by atoms with Crippen LogP contribution < -0.4 is 10.1 Å². The second-order valence-corrected chi connectivity index (χ2v) is 6.26. The highest BCUT2D eigenvalue weighted by atomic mass is 16.5. The summed E-state index contributed by atoms with van der Waals surface area (Å²) in [6.07, 6.45) is 8.25. The average molecular weight is 349 g/mol. The highest BCUT2D eigenvalue weighted by molar-refractivity contribution is 6.04. The van der Waals surface area contributed by atoms with Gasteiger partial charge in [-0.25, -0.2) is 14.6 Å². The van der Waals surface area contributed by atoms with Gasteiger partial charge in [0, 0.05) is 23.5 Å². The van der Waals surface area contributed by atoms with E-state index in [2.05, 4.69) is 20.4 Å². The van der Waals surface area contributed by atoms with E-state index in [9.17, 15) is 4.79 Å². The van der Waals surface area contributed by atoms with Crippen LogP contribution in [0.2, 0.25) is 0 Å². The molecule has 1 aromatic carbocycles. The lowest BCUT2D eigenvalue weighted by Gasteiger charge is -2.25. The lowest BCUT2D eigenvalue weighted by molar-refractivity contribution is 0.101. The zero-order valence-electron chi connectivity index (χ0n) is 14.2. The number of pyridine rings is 1. The molecule has 3 aromatic rings. The van der Waals surface area contributed by atoms with Crippen LogP contribution in [0.3, 0.4) is 0 Å². The van der Waals surface area contributed by atoms with Crippen molar-refractivity contribution in [2.24, 2.45) is 0 Å². The van der Waals surface area contributed by atoms with Gasteiger partial charge < -0.3 is 10.1 Å². The zero-order chi connectivity index (χ0) is 17.8. The molecule has 2 aromatic heterocycles. The smallest absolute Gasteiger partial charge is 0.255 e. The highest BCUT2D eigenvalue weighted by Gasteiger charge is 2.20. The number of rotatable bonds is 6. The second-order valence-electron chi connectivity index (χ2n) is 6.26. The topological polar surface area (TPSA) is 81.9 Å². The monoisotopic (exact) mass is 349 g/mol. The van der Waals surface area contributed by atoms with E-state index in [-0.39, 0.29) is 12.0 Å². The van der Waals surface area contributed by atoms with Crippen LogP contribution in [0.15, 0.2) is 55.2 Å². The number of ether oxygens (including phenoxy) is 1. The van der Waals surface area contributed by atoms with Gasteiger partial charge in [-0.2, -0.15) is 5.10 Å². The van der Waals surface area contributed by atoms with Crippen LogP contribution in [-0.4, -0.2) is 31.8 Å². The fourth-order valence-electron chi connectivity index (χ4n) is 2.74. The van der Waals surface area contributed by atoms with Crippen LogP contribution in [-0.2, 0) is 6.54 Å². The predicted octanol–water partition coefficient (Wildman–Crippen LogP) is 2.91. The molecular weight excluding hydrogens is 330 g/mol. The van der Waals surface area contributed by atoms with Crippen molar-refractivity contribution in [3.05, 3.63) is 66.4 Å². The van der Waals surface area contributed by atoms with Crippen molar-refractivity contribution in [1.29, 1.82) is 0 Å². The summed E-state index contributed by atoms with van der Waals surface area (Å²) < 4.78 is 7.49. The summed E-state index contributed by atoms with van der Waals surface area (Å²) in [4.78, 5) is 20.8. The van der Waals surface area contributed by atoms with Crippen LogP contribution in [0.5, 0.6) is 5.88 Å². The van der Waals surface area contributed by atoms with Gasteiger partial charge in [0.1, 0.15) is 18.8 Å². The summed E-state index contributed by atoms with van der Waals surface area (Å²) in [5.41, 5.74) is 2.21. The molecule has 1 N–H and O–H groups in total. The molecule has 1 amide bonds. The van der Waals surface area contributed by atoms with Gasteiger partial charge in [0.15, 0.2) is 0 Å². The largest absolute Gasteiger partial charge is 0.474 e. The molecule has 7 heteroatoms. The van der Waals surface area contributed by atoms with Gasteiger partial charge in [-0.1, -0.05) is 18.2 Å². The van der Waals surface area contributed by atoms with Gasteiger partial charge in [0.2, 0.25) is 5.88 Å². The molecule has 1 aliphatic rings. The summed E-state index contributed by atoms with van der Waals surface area (Å²) in [6, 6.07) is 11.0. The maximum absolute atomic E-state index is 12.7. The van der Waals surface area contributed by atoms with E-state index >= 15 is 0 Å². The Morgan fingerprint density at radius 2 is 2.15 bits per heavy atom. The zero-order valence-corrected chi connectivity index (χ0v) is 14.2. The minimum absolute atomic E-state index is 0.197. The average Bonchev–Trinajstić information content (AvgIpc) is 3.13. The van der Waals surface area contributed by atoms with Crippen LogP contribution in [0, 0.1) is 0 Å². The molecule has 26 heavy (non-hydrogen) atoms. The molecule has 0 radical (unpaired) electrons. The molecule has 7 nitrogen and oxygen atoms in total. The first kappa shape index (κ1) is 16.3. The minimum atomic E-state index is -0.197. The van der Waals surface area contributed by atoms with Gasteiger partial charge in [-0.15, -0.1) is 0 Å². The molecule has 132 valence electrons. The van der Waals surface area contributed by atoms with E-state index in [1.807, 2.05) is 24.3 Å². The molecule has 1 fully saturated rings. The Morgan fingerprint density at radius 3 is 2.92 bits per heavy atom. The molecule has 0 spiro atoms. The Labute approximate surface area is 151 Å². The molecule has 2 heterocycles. The Hall–Kier alpha value is -3.22. The Balaban J connectivity index is 1.48. The molecule has 1 saturated carbocycles. The van der Waals surface area contributed by atoms with Crippen molar-refractivity contribution in [2.75, 3.05) is 5.32 Å². The van der Waals surface area contributed by atoms with Gasteiger partial charge in [-0.05, 0) is 37.0 Å². The third-order valence-electron chi connectivity index (χ3n) is 4.40. The number of aromatic nitrogens is 4. The highest BCUT2D eigenvalue weighted by Crippen LogP contribution is 2.24. The maximum atomic E-state index is 12.7. The standard InChI is InChI=1S/C19H19N5O2/c25-19(14-8-9-21-18(10-14)26-16-5-3-6-16)23-17-7-2-1-4-15(17)11-24-13-20-12-22-24/h1-2,4,7-10,12-13,16H,3,5-6,11H2,(H,23,25). The van der Waals surface area contributed by atoms with Crippen molar-refractivity contribution in [1.82, 2.24) is 19.7 Å². The Morgan fingerprint density at radius 1 is 1.27 bits per heavy atom. The number of carbonyl (C=O) groups is 1. The fraction of sp³-hybridized carbons (Fsp3) is 0.263. The van der Waals surface area contributed by atoms with E-state index < -0.39 is 0 Å². The number of nitrogens with zero attached hydrogens (tertiary/aromatic N) is 4. The second kappa shape index (κ2) is 7.35. The number of benzene rings is 1. The van der Waals surface area contributed by atoms with Crippen molar-refractivity contribution in [3.63, 3.8) is 0 Å². The van der Waals surface area contributed by atoms with Crippen molar-refractivity contribution < 1.29 is 9.53 Å². The molecule has 4 rings (SSSR count). The van der Waals surface area contributed by atoms with Crippen LogP contribution in [0.1, 0.15) is 35.2 Å². The van der Waals surface area contributed by atoms with E-state index in [0.717, 1.165) is 24.1 Å². The van der Waals surface area contributed by atoms with Gasteiger partial charge in [0.25, 0.3) is 5.91 Å². The number of anilines is 1. The lowest BCUT2D eigenvalue weighted by Crippen LogP contribution is -2.25. The number of para-hydroxylation sites is 1. The minimum Gasteiger partial charge on any atom is -0.474 e. The lowest BCUT2D eigenvalue weighted by atomic mass is 9.96. The Kier molecular flexibility index (Phi) is 4.59.